The van der Waals surface area contributed by atoms with Crippen molar-refractivity contribution in [2.24, 2.45) is 9.98 Å². The molecular weight excluding hydrogens is 846 g/mol. The van der Waals surface area contributed by atoms with Crippen LogP contribution in [0, 0.1) is 20.2 Å². The number of phenols is 2. The predicted molar refractivity (Wildman–Crippen MR) is 210 cm³/mol. The fraction of sp³-hybridized carbons (Fsp3) is 0.108. The van der Waals surface area contributed by atoms with Crippen LogP contribution in [0.25, 0.3) is 11.4 Å². The quantitative estimate of drug-likeness (QED) is 0.0419. The van der Waals surface area contributed by atoms with E-state index >= 15 is 0 Å². The topological polar surface area (TPSA) is 254 Å². The number of carbonyl (C=O) groups excluding carboxylic acids is 1. The minimum atomic E-state index is -0.801. The van der Waals surface area contributed by atoms with Crippen LogP contribution in [0.5, 0.6) is 23.3 Å². The van der Waals surface area contributed by atoms with Crippen molar-refractivity contribution < 1.29 is 56.6 Å². The number of aromatic nitrogens is 4. The molecule has 0 unspecified atom stereocenters. The number of aromatic hydroxyl groups is 4. The summed E-state index contributed by atoms with van der Waals surface area (Å²) >= 11 is 11.6. The summed E-state index contributed by atoms with van der Waals surface area (Å²) in [5, 5.41) is 71.2. The number of carbonyl (C=O) groups is 1. The average Bonchev–Trinajstić information content (AvgIpc) is 3.71. The van der Waals surface area contributed by atoms with Crippen molar-refractivity contribution in [1.82, 2.24) is 19.6 Å². The summed E-state index contributed by atoms with van der Waals surface area (Å²) in [4.78, 5) is 41.0. The number of hydrogen-bond donors (Lipinski definition) is 4. The Balaban J connectivity index is 0.000000254. The van der Waals surface area contributed by atoms with Gasteiger partial charge in [0.1, 0.15) is 11.4 Å². The molecule has 0 saturated heterocycles. The van der Waals surface area contributed by atoms with Gasteiger partial charge in [0.15, 0.2) is 17.2 Å². The summed E-state index contributed by atoms with van der Waals surface area (Å²) in [7, 11) is 0. The zero-order valence-electron chi connectivity index (χ0n) is 30.1. The van der Waals surface area contributed by atoms with Crippen LogP contribution in [0.4, 0.5) is 22.7 Å². The van der Waals surface area contributed by atoms with Gasteiger partial charge in [0.05, 0.1) is 54.7 Å². The summed E-state index contributed by atoms with van der Waals surface area (Å²) in [6, 6.07) is 21.7. The minimum Gasteiger partial charge on any atom is -0.504 e. The fourth-order valence-electron chi connectivity index (χ4n) is 5.06. The zero-order valence-corrected chi connectivity index (χ0v) is 32.6. The normalized spacial score (nSPS) is 10.9. The first-order valence-electron chi connectivity index (χ1n) is 16.6. The number of nitro benzene ring substituents is 2. The third-order valence-corrected chi connectivity index (χ3v) is 8.39. The molecule has 18 nitrogen and oxygen atoms in total. The Kier molecular flexibility index (Phi) is 14.7. The maximum atomic E-state index is 12.3. The first kappa shape index (κ1) is 43.9. The largest absolute Gasteiger partial charge is 0.504 e. The van der Waals surface area contributed by atoms with E-state index in [-0.39, 0.29) is 79.1 Å². The Hall–Kier alpha value is -6.80. The fourth-order valence-corrected chi connectivity index (χ4v) is 5.48. The van der Waals surface area contributed by atoms with E-state index < -0.39 is 27.4 Å². The van der Waals surface area contributed by atoms with Crippen LogP contribution in [-0.4, -0.2) is 74.8 Å². The number of aliphatic imine (C=N–C) groups is 2. The van der Waals surface area contributed by atoms with E-state index in [0.29, 0.717) is 29.1 Å². The van der Waals surface area contributed by atoms with Gasteiger partial charge >= 0.3 is 5.97 Å². The second kappa shape index (κ2) is 19.4. The van der Waals surface area contributed by atoms with Crippen LogP contribution < -0.4 is 0 Å². The molecule has 58 heavy (non-hydrogen) atoms. The van der Waals surface area contributed by atoms with Crippen molar-refractivity contribution in [1.29, 1.82) is 0 Å². The molecule has 4 aromatic carbocycles. The average molecular weight is 877 g/mol. The number of nitro groups is 2. The van der Waals surface area contributed by atoms with E-state index in [4.69, 9.17) is 27.9 Å². The van der Waals surface area contributed by atoms with Gasteiger partial charge in [-0.3, -0.25) is 30.2 Å². The van der Waals surface area contributed by atoms with Crippen LogP contribution in [0.3, 0.4) is 0 Å². The maximum Gasteiger partial charge on any atom is 0.359 e. The first-order chi connectivity index (χ1) is 27.2. The number of hydrogen-bond acceptors (Lipinski definition) is 14. The number of nitrogens with zero attached hydrogens (tertiary/aromatic N) is 8. The van der Waals surface area contributed by atoms with Crippen LogP contribution in [0.15, 0.2) is 94.9 Å². The molecule has 2 aromatic heterocycles. The van der Waals surface area contributed by atoms with E-state index in [2.05, 4.69) is 20.2 Å². The molecule has 0 saturated carbocycles. The van der Waals surface area contributed by atoms with E-state index in [1.165, 1.54) is 10.9 Å². The molecule has 301 valence electrons. The molecule has 0 atom stereocenters. The molecule has 0 fully saturated rings. The Morgan fingerprint density at radius 2 is 1.17 bits per heavy atom. The third kappa shape index (κ3) is 9.76. The van der Waals surface area contributed by atoms with E-state index in [1.807, 2.05) is 25.1 Å². The Labute approximate surface area is 348 Å². The van der Waals surface area contributed by atoms with Crippen molar-refractivity contribution in [3.63, 3.8) is 0 Å². The van der Waals surface area contributed by atoms with E-state index in [9.17, 15) is 45.4 Å². The SMILES string of the molecule is CCOC(=O)c1nn(-c2ccccc2)c(O)c1C=Nc1cc([N+](=O)[O-])cc(Cl)c1O.CCc1nn(-c2ccccc2)c(O)c1C=Nc1cc([N+](=O)[O-])cc(Cl)c1O.[Co]. The number of non-ortho nitro benzene ring substituents is 2. The van der Waals surface area contributed by atoms with E-state index in [1.54, 1.807) is 49.4 Å². The van der Waals surface area contributed by atoms with Gasteiger partial charge in [-0.25, -0.2) is 9.48 Å². The van der Waals surface area contributed by atoms with Gasteiger partial charge in [-0.05, 0) is 37.6 Å². The summed E-state index contributed by atoms with van der Waals surface area (Å²) in [6.45, 7) is 3.56. The third-order valence-electron chi connectivity index (χ3n) is 7.82. The molecule has 1 radical (unpaired) electrons. The van der Waals surface area contributed by atoms with Crippen LogP contribution in [-0.2, 0) is 27.9 Å². The van der Waals surface area contributed by atoms with E-state index in [0.717, 1.165) is 35.2 Å². The van der Waals surface area contributed by atoms with Crippen molar-refractivity contribution >= 4 is 64.3 Å². The van der Waals surface area contributed by atoms with Crippen LogP contribution in [0.2, 0.25) is 10.0 Å². The molecule has 0 amide bonds. The standard InChI is InChI=1S/C19H15ClN4O6.C18H15ClN4O4.Co/c1-2-30-19(27)16-13(18(26)23(22-16)11-6-4-3-5-7-11)10-21-15-9-12(24(28)29)8-14(20)17(15)25;1-2-15-13(18(25)22(21-15)11-6-4-3-5-7-11)10-20-16-9-12(23(26)27)8-14(19)17(16)24;/h3-10,25-26H,2H2,1H3;3-10,24-25H,2H2,1H3;. The molecule has 6 rings (SSSR count). The van der Waals surface area contributed by atoms with Gasteiger partial charge in [0.2, 0.25) is 11.8 Å². The number of halogens is 2. The number of esters is 1. The summed E-state index contributed by atoms with van der Waals surface area (Å²) in [6.07, 6.45) is 2.87. The second-order valence-corrected chi connectivity index (χ2v) is 12.3. The van der Waals surface area contributed by atoms with Crippen molar-refractivity contribution in [3.8, 4) is 34.6 Å². The summed E-state index contributed by atoms with van der Waals surface area (Å²) in [5.74, 6) is -2.22. The molecule has 0 aliphatic rings. The van der Waals surface area contributed by atoms with Gasteiger partial charge in [-0.2, -0.15) is 14.9 Å². The number of para-hydroxylation sites is 2. The van der Waals surface area contributed by atoms with Gasteiger partial charge in [-0.15, -0.1) is 0 Å². The Bertz CT molecular complexity index is 2530. The number of rotatable bonds is 11. The van der Waals surface area contributed by atoms with Crippen molar-refractivity contribution in [2.45, 2.75) is 20.3 Å². The molecule has 21 heteroatoms. The minimum absolute atomic E-state index is 0. The van der Waals surface area contributed by atoms with Gasteiger partial charge in [0.25, 0.3) is 11.4 Å². The maximum absolute atomic E-state index is 12.3. The van der Waals surface area contributed by atoms with Crippen molar-refractivity contribution in [2.75, 3.05) is 6.61 Å². The smallest absolute Gasteiger partial charge is 0.359 e. The van der Waals surface area contributed by atoms with Gasteiger partial charge in [-0.1, -0.05) is 66.5 Å². The predicted octanol–water partition coefficient (Wildman–Crippen LogP) is 7.93. The molecular formula is C37H30Cl2CoN8O10. The summed E-state index contributed by atoms with van der Waals surface area (Å²) in [5.41, 5.74) is 0.757. The summed E-state index contributed by atoms with van der Waals surface area (Å²) < 4.78 is 7.47. The van der Waals surface area contributed by atoms with Crippen molar-refractivity contribution in [3.05, 3.63) is 138 Å². The number of benzene rings is 4. The molecule has 0 aliphatic carbocycles. The number of ether oxygens (including phenoxy) is 1. The molecule has 0 bridgehead atoms. The number of aryl methyl sites for hydroxylation is 1. The number of phenolic OH excluding ortho intramolecular Hbond substituents is 2. The molecule has 6 aromatic rings. The molecule has 0 spiro atoms. The first-order valence-corrected chi connectivity index (χ1v) is 17.3. The zero-order chi connectivity index (χ0) is 41.4. The molecule has 2 heterocycles. The molecule has 0 aliphatic heterocycles. The second-order valence-electron chi connectivity index (χ2n) is 11.5. The monoisotopic (exact) mass is 875 g/mol. The Morgan fingerprint density at radius 3 is 1.60 bits per heavy atom. The van der Waals surface area contributed by atoms with Crippen LogP contribution >= 0.6 is 23.2 Å². The Morgan fingerprint density at radius 1 is 0.741 bits per heavy atom. The van der Waals surface area contributed by atoms with Gasteiger partial charge in [0, 0.05) is 53.5 Å². The molecule has 4 N–H and O–H groups in total. The van der Waals surface area contributed by atoms with Gasteiger partial charge < -0.3 is 25.2 Å². The van der Waals surface area contributed by atoms with Crippen LogP contribution in [0.1, 0.15) is 41.2 Å².